The highest BCUT2D eigenvalue weighted by Gasteiger charge is 2.45. The molecule has 4 heteroatoms. The van der Waals surface area contributed by atoms with Crippen molar-refractivity contribution in [1.29, 1.82) is 0 Å². The fourth-order valence-electron chi connectivity index (χ4n) is 3.22. The van der Waals surface area contributed by atoms with E-state index < -0.39 is 0 Å². The Morgan fingerprint density at radius 1 is 1.30 bits per heavy atom. The molecule has 0 radical (unpaired) electrons. The third kappa shape index (κ3) is 2.44. The number of carbonyl (C=O) groups excluding carboxylic acids is 1. The number of rotatable bonds is 0. The second-order valence-corrected chi connectivity index (χ2v) is 5.56. The third-order valence-electron chi connectivity index (χ3n) is 4.40. The quantitative estimate of drug-likeness (QED) is 0.729. The number of carbonyl (C=O) groups is 1. The molecule has 1 spiro atoms. The molecular weight excluding hydrogens is 250 g/mol. The zero-order valence-corrected chi connectivity index (χ0v) is 13.0. The minimum Gasteiger partial charge on any atom is -0.306 e. The smallest absolute Gasteiger partial charge is 0.225 e. The van der Waals surface area contributed by atoms with Crippen LogP contribution in [0.3, 0.4) is 0 Å². The highest BCUT2D eigenvalue weighted by atomic mass is 16.2. The van der Waals surface area contributed by atoms with Crippen molar-refractivity contribution in [2.75, 3.05) is 31.6 Å². The molecule has 0 aliphatic carbocycles. The fraction of sp³-hybridized carbons (Fsp3) is 0.625. The van der Waals surface area contributed by atoms with Crippen molar-refractivity contribution in [1.82, 2.24) is 9.88 Å². The Bertz CT molecular complexity index is 478. The molecule has 0 atom stereocenters. The van der Waals surface area contributed by atoms with Gasteiger partial charge in [0.05, 0.1) is 0 Å². The summed E-state index contributed by atoms with van der Waals surface area (Å²) in [5.41, 5.74) is 1.41. The Balaban J connectivity index is 0.000000704. The second-order valence-electron chi connectivity index (χ2n) is 5.56. The van der Waals surface area contributed by atoms with Crippen molar-refractivity contribution >= 4 is 11.7 Å². The zero-order chi connectivity index (χ0) is 14.8. The fourth-order valence-corrected chi connectivity index (χ4v) is 3.22. The van der Waals surface area contributed by atoms with Crippen LogP contribution < -0.4 is 4.90 Å². The lowest BCUT2D eigenvalue weighted by Gasteiger charge is -2.38. The molecule has 1 fully saturated rings. The zero-order valence-electron chi connectivity index (χ0n) is 13.0. The monoisotopic (exact) mass is 275 g/mol. The lowest BCUT2D eigenvalue weighted by atomic mass is 9.75. The lowest BCUT2D eigenvalue weighted by Crippen LogP contribution is -2.44. The predicted molar refractivity (Wildman–Crippen MR) is 82.0 cm³/mol. The molecule has 1 aromatic rings. The van der Waals surface area contributed by atoms with Crippen LogP contribution in [-0.4, -0.2) is 42.5 Å². The summed E-state index contributed by atoms with van der Waals surface area (Å²) in [7, 11) is 2.16. The highest BCUT2D eigenvalue weighted by Crippen LogP contribution is 2.45. The standard InChI is InChI=1S/C14H19N3O.C2H6/c1-11(18)17-10-14(5-8-16(2)9-6-14)12-4-3-7-15-13(12)17;1-2/h3-4,7H,5-6,8-10H2,1-2H3;1-2H3. The summed E-state index contributed by atoms with van der Waals surface area (Å²) in [5, 5.41) is 0. The first kappa shape index (κ1) is 15.0. The van der Waals surface area contributed by atoms with Crippen LogP contribution in [0, 0.1) is 0 Å². The first-order chi connectivity index (χ1) is 9.62. The molecule has 0 saturated carbocycles. The molecule has 0 N–H and O–H groups in total. The summed E-state index contributed by atoms with van der Waals surface area (Å²) in [4.78, 5) is 20.4. The Morgan fingerprint density at radius 2 is 1.95 bits per heavy atom. The molecule has 0 aromatic carbocycles. The van der Waals surface area contributed by atoms with Crippen molar-refractivity contribution < 1.29 is 4.79 Å². The Hall–Kier alpha value is -1.42. The van der Waals surface area contributed by atoms with Gasteiger partial charge in [-0.25, -0.2) is 4.98 Å². The minimum absolute atomic E-state index is 0.103. The summed E-state index contributed by atoms with van der Waals surface area (Å²) in [6.07, 6.45) is 4.01. The lowest BCUT2D eigenvalue weighted by molar-refractivity contribution is -0.116. The molecule has 0 unspecified atom stereocenters. The largest absolute Gasteiger partial charge is 0.306 e. The van der Waals surface area contributed by atoms with Crippen molar-refractivity contribution in [2.45, 2.75) is 39.0 Å². The maximum absolute atomic E-state index is 11.8. The van der Waals surface area contributed by atoms with Crippen molar-refractivity contribution in [2.24, 2.45) is 0 Å². The molecule has 2 aliphatic rings. The molecule has 1 aromatic heterocycles. The normalized spacial score (nSPS) is 20.3. The number of piperidine rings is 1. The average Bonchev–Trinajstić information content (AvgIpc) is 2.80. The maximum Gasteiger partial charge on any atom is 0.225 e. The topological polar surface area (TPSA) is 36.4 Å². The number of anilines is 1. The molecule has 1 saturated heterocycles. The van der Waals surface area contributed by atoms with E-state index >= 15 is 0 Å². The van der Waals surface area contributed by atoms with Gasteiger partial charge in [-0.2, -0.15) is 0 Å². The van der Waals surface area contributed by atoms with Crippen LogP contribution in [0.1, 0.15) is 39.2 Å². The van der Waals surface area contributed by atoms with E-state index in [1.54, 1.807) is 13.1 Å². The molecule has 3 heterocycles. The second kappa shape index (κ2) is 5.92. The SMILES string of the molecule is CC.CC(=O)N1CC2(CCN(C)CC2)c2cccnc21. The predicted octanol–water partition coefficient (Wildman–Crippen LogP) is 2.44. The number of fused-ring (bicyclic) bond motifs is 2. The number of hydrogen-bond acceptors (Lipinski definition) is 3. The van der Waals surface area contributed by atoms with Crippen LogP contribution in [-0.2, 0) is 10.2 Å². The van der Waals surface area contributed by atoms with E-state index in [0.29, 0.717) is 0 Å². The number of nitrogens with zero attached hydrogens (tertiary/aromatic N) is 3. The molecule has 3 rings (SSSR count). The van der Waals surface area contributed by atoms with Crippen molar-refractivity contribution in [3.8, 4) is 0 Å². The number of aromatic nitrogens is 1. The first-order valence-electron chi connectivity index (χ1n) is 7.55. The van der Waals surface area contributed by atoms with Gasteiger partial charge >= 0.3 is 0 Å². The summed E-state index contributed by atoms with van der Waals surface area (Å²) in [6.45, 7) is 8.63. The van der Waals surface area contributed by atoms with Crippen LogP contribution in [0.2, 0.25) is 0 Å². The van der Waals surface area contributed by atoms with E-state index in [-0.39, 0.29) is 11.3 Å². The summed E-state index contributed by atoms with van der Waals surface area (Å²) < 4.78 is 0. The van der Waals surface area contributed by atoms with Gasteiger partial charge < -0.3 is 4.90 Å². The Labute approximate surface area is 121 Å². The molecule has 1 amide bonds. The molecule has 110 valence electrons. The maximum atomic E-state index is 11.8. The highest BCUT2D eigenvalue weighted by molar-refractivity contribution is 5.93. The van der Waals surface area contributed by atoms with Gasteiger partial charge in [0.1, 0.15) is 5.82 Å². The van der Waals surface area contributed by atoms with E-state index in [1.165, 1.54) is 5.56 Å². The van der Waals surface area contributed by atoms with Crippen LogP contribution in [0.5, 0.6) is 0 Å². The van der Waals surface area contributed by atoms with Crippen molar-refractivity contribution in [3.63, 3.8) is 0 Å². The first-order valence-corrected chi connectivity index (χ1v) is 7.55. The molecule has 0 bridgehead atoms. The molecule has 20 heavy (non-hydrogen) atoms. The van der Waals surface area contributed by atoms with Gasteiger partial charge in [-0.15, -0.1) is 0 Å². The van der Waals surface area contributed by atoms with Crippen LogP contribution in [0.15, 0.2) is 18.3 Å². The van der Waals surface area contributed by atoms with E-state index in [1.807, 2.05) is 24.8 Å². The summed E-state index contributed by atoms with van der Waals surface area (Å²) in [6, 6.07) is 4.14. The van der Waals surface area contributed by atoms with Crippen LogP contribution >= 0.6 is 0 Å². The van der Waals surface area contributed by atoms with Gasteiger partial charge in [0.15, 0.2) is 0 Å². The van der Waals surface area contributed by atoms with Crippen molar-refractivity contribution in [3.05, 3.63) is 23.9 Å². The van der Waals surface area contributed by atoms with Gasteiger partial charge in [0.2, 0.25) is 5.91 Å². The van der Waals surface area contributed by atoms with Gasteiger partial charge in [-0.3, -0.25) is 9.69 Å². The Morgan fingerprint density at radius 3 is 2.55 bits per heavy atom. The van der Waals surface area contributed by atoms with Crippen LogP contribution in [0.25, 0.3) is 0 Å². The van der Waals surface area contributed by atoms with Gasteiger partial charge in [-0.05, 0) is 39.0 Å². The van der Waals surface area contributed by atoms with Crippen LogP contribution in [0.4, 0.5) is 5.82 Å². The third-order valence-corrected chi connectivity index (χ3v) is 4.40. The van der Waals surface area contributed by atoms with E-state index in [0.717, 1.165) is 38.3 Å². The average molecular weight is 275 g/mol. The molecular formula is C16H25N3O. The van der Waals surface area contributed by atoms with E-state index in [4.69, 9.17) is 0 Å². The number of hydrogen-bond donors (Lipinski definition) is 0. The minimum atomic E-state index is 0.103. The van der Waals surface area contributed by atoms with Gasteiger partial charge in [0, 0.05) is 30.6 Å². The molecule has 2 aliphatic heterocycles. The number of amides is 1. The van der Waals surface area contributed by atoms with Gasteiger partial charge in [-0.1, -0.05) is 19.9 Å². The Kier molecular flexibility index (Phi) is 4.43. The van der Waals surface area contributed by atoms with Gasteiger partial charge in [0.25, 0.3) is 0 Å². The number of pyridine rings is 1. The summed E-state index contributed by atoms with van der Waals surface area (Å²) >= 11 is 0. The summed E-state index contributed by atoms with van der Waals surface area (Å²) in [5.74, 6) is 0.986. The van der Waals surface area contributed by atoms with E-state index in [9.17, 15) is 4.79 Å². The van der Waals surface area contributed by atoms with E-state index in [2.05, 4.69) is 23.0 Å². The molecule has 4 nitrogen and oxygen atoms in total. The number of likely N-dealkylation sites (tertiary alicyclic amines) is 1.